The summed E-state index contributed by atoms with van der Waals surface area (Å²) < 4.78 is 5.49. The Hall–Kier alpha value is -3.38. The van der Waals surface area contributed by atoms with Gasteiger partial charge in [0.1, 0.15) is 11.7 Å². The van der Waals surface area contributed by atoms with Gasteiger partial charge in [-0.05, 0) is 53.6 Å². The molecule has 4 N–H and O–H groups in total. The number of hydrogen-bond donors (Lipinski definition) is 2. The second kappa shape index (κ2) is 6.16. The van der Waals surface area contributed by atoms with Crippen LogP contribution in [0, 0.1) is 0 Å². The van der Waals surface area contributed by atoms with Gasteiger partial charge in [0.25, 0.3) is 0 Å². The van der Waals surface area contributed by atoms with Crippen molar-refractivity contribution in [3.63, 3.8) is 0 Å². The molecule has 130 valence electrons. The standard InChI is InChI=1S/C20H17N3O3/c21-11-12-3-6-14(7-4-12)23-16-8-5-13(19(22)24)10-15(16)18(20(23)25)17-2-1-9-26-17/h1-10,18H,11,21H2,(H2,22,24). The number of carbonyl (C=O) groups is 2. The molecule has 0 fully saturated rings. The third kappa shape index (κ3) is 2.48. The number of benzene rings is 2. The number of fused-ring (bicyclic) bond motifs is 1. The van der Waals surface area contributed by atoms with Crippen LogP contribution < -0.4 is 16.4 Å². The number of nitrogens with two attached hydrogens (primary N) is 2. The van der Waals surface area contributed by atoms with Crippen LogP contribution in [-0.2, 0) is 11.3 Å². The molecule has 0 saturated carbocycles. The minimum atomic E-state index is -0.617. The van der Waals surface area contributed by atoms with Gasteiger partial charge in [-0.1, -0.05) is 12.1 Å². The summed E-state index contributed by atoms with van der Waals surface area (Å²) in [5.74, 6) is -0.770. The second-order valence-electron chi connectivity index (χ2n) is 6.13. The number of carbonyl (C=O) groups excluding carboxylic acids is 2. The van der Waals surface area contributed by atoms with Crippen molar-refractivity contribution in [2.24, 2.45) is 11.5 Å². The molecule has 2 amide bonds. The lowest BCUT2D eigenvalue weighted by molar-refractivity contribution is -0.118. The highest BCUT2D eigenvalue weighted by Crippen LogP contribution is 2.45. The Morgan fingerprint density at radius 3 is 2.50 bits per heavy atom. The summed E-state index contributed by atoms with van der Waals surface area (Å²) in [6, 6.07) is 16.0. The van der Waals surface area contributed by atoms with Crippen LogP contribution in [0.2, 0.25) is 0 Å². The molecule has 1 unspecified atom stereocenters. The summed E-state index contributed by atoms with van der Waals surface area (Å²) in [6.45, 7) is 0.432. The zero-order valence-corrected chi connectivity index (χ0v) is 13.9. The van der Waals surface area contributed by atoms with E-state index in [1.165, 1.54) is 6.26 Å². The van der Waals surface area contributed by atoms with Gasteiger partial charge in [-0.25, -0.2) is 0 Å². The van der Waals surface area contributed by atoms with Crippen LogP contribution in [-0.4, -0.2) is 11.8 Å². The van der Waals surface area contributed by atoms with Crippen LogP contribution in [0.1, 0.15) is 33.2 Å². The number of anilines is 2. The topological polar surface area (TPSA) is 103 Å². The molecule has 1 aliphatic heterocycles. The van der Waals surface area contributed by atoms with Crippen molar-refractivity contribution in [1.82, 2.24) is 0 Å². The minimum Gasteiger partial charge on any atom is -0.468 e. The Balaban J connectivity index is 1.87. The molecule has 26 heavy (non-hydrogen) atoms. The van der Waals surface area contributed by atoms with Gasteiger partial charge in [0.2, 0.25) is 11.8 Å². The number of furan rings is 1. The fourth-order valence-corrected chi connectivity index (χ4v) is 3.30. The van der Waals surface area contributed by atoms with E-state index in [0.29, 0.717) is 29.1 Å². The van der Waals surface area contributed by atoms with Crippen LogP contribution >= 0.6 is 0 Å². The fourth-order valence-electron chi connectivity index (χ4n) is 3.30. The molecule has 2 aromatic carbocycles. The maximum atomic E-state index is 13.2. The Bertz CT molecular complexity index is 978. The Morgan fingerprint density at radius 2 is 1.88 bits per heavy atom. The Labute approximate surface area is 150 Å². The third-order valence-corrected chi connectivity index (χ3v) is 4.59. The van der Waals surface area contributed by atoms with E-state index in [1.807, 2.05) is 24.3 Å². The summed E-state index contributed by atoms with van der Waals surface area (Å²) in [5.41, 5.74) is 14.5. The summed E-state index contributed by atoms with van der Waals surface area (Å²) in [5, 5.41) is 0. The number of primary amides is 1. The van der Waals surface area contributed by atoms with Crippen molar-refractivity contribution in [3.05, 3.63) is 83.3 Å². The summed E-state index contributed by atoms with van der Waals surface area (Å²) in [7, 11) is 0. The van der Waals surface area contributed by atoms with E-state index in [2.05, 4.69) is 0 Å². The van der Waals surface area contributed by atoms with Crippen molar-refractivity contribution in [1.29, 1.82) is 0 Å². The molecule has 3 aromatic rings. The smallest absolute Gasteiger partial charge is 0.248 e. The molecule has 4 rings (SSSR count). The van der Waals surface area contributed by atoms with Gasteiger partial charge in [-0.3, -0.25) is 14.5 Å². The molecular formula is C20H17N3O3. The van der Waals surface area contributed by atoms with E-state index >= 15 is 0 Å². The number of nitrogens with zero attached hydrogens (tertiary/aromatic N) is 1. The highest BCUT2D eigenvalue weighted by Gasteiger charge is 2.41. The monoisotopic (exact) mass is 347 g/mol. The maximum absolute atomic E-state index is 13.2. The minimum absolute atomic E-state index is 0.142. The normalized spacial score (nSPS) is 16.0. The first-order valence-corrected chi connectivity index (χ1v) is 8.20. The highest BCUT2D eigenvalue weighted by molar-refractivity contribution is 6.12. The summed E-state index contributed by atoms with van der Waals surface area (Å²) >= 11 is 0. The van der Waals surface area contributed by atoms with E-state index in [9.17, 15) is 9.59 Å². The molecule has 0 saturated heterocycles. The lowest BCUT2D eigenvalue weighted by Gasteiger charge is -2.18. The lowest BCUT2D eigenvalue weighted by atomic mass is 9.96. The predicted octanol–water partition coefficient (Wildman–Crippen LogP) is 2.65. The van der Waals surface area contributed by atoms with Crippen molar-refractivity contribution >= 4 is 23.2 Å². The fraction of sp³-hybridized carbons (Fsp3) is 0.100. The van der Waals surface area contributed by atoms with Gasteiger partial charge in [-0.2, -0.15) is 0 Å². The molecule has 6 heteroatoms. The largest absolute Gasteiger partial charge is 0.468 e. The lowest BCUT2D eigenvalue weighted by Crippen LogP contribution is -2.24. The first-order chi connectivity index (χ1) is 12.6. The van der Waals surface area contributed by atoms with Crippen LogP contribution in [0.15, 0.2) is 65.3 Å². The predicted molar refractivity (Wildman–Crippen MR) is 97.0 cm³/mol. The molecule has 0 bridgehead atoms. The van der Waals surface area contributed by atoms with Crippen LogP contribution in [0.25, 0.3) is 0 Å². The molecule has 1 aromatic heterocycles. The second-order valence-corrected chi connectivity index (χ2v) is 6.13. The maximum Gasteiger partial charge on any atom is 0.248 e. The molecule has 0 radical (unpaired) electrons. The van der Waals surface area contributed by atoms with E-state index < -0.39 is 11.8 Å². The molecule has 1 aliphatic rings. The third-order valence-electron chi connectivity index (χ3n) is 4.59. The highest BCUT2D eigenvalue weighted by atomic mass is 16.3. The molecule has 1 atom stereocenters. The first kappa shape index (κ1) is 16.1. The quantitative estimate of drug-likeness (QED) is 0.757. The van der Waals surface area contributed by atoms with Crippen LogP contribution in [0.4, 0.5) is 11.4 Å². The number of amides is 2. The van der Waals surface area contributed by atoms with Crippen LogP contribution in [0.5, 0.6) is 0 Å². The van der Waals surface area contributed by atoms with Crippen molar-refractivity contribution in [2.45, 2.75) is 12.5 Å². The van der Waals surface area contributed by atoms with Crippen LogP contribution in [0.3, 0.4) is 0 Å². The van der Waals surface area contributed by atoms with Gasteiger partial charge in [0, 0.05) is 17.8 Å². The molecule has 0 aliphatic carbocycles. The van der Waals surface area contributed by atoms with E-state index in [0.717, 1.165) is 11.3 Å². The number of rotatable bonds is 4. The molecular weight excluding hydrogens is 330 g/mol. The van der Waals surface area contributed by atoms with Gasteiger partial charge < -0.3 is 15.9 Å². The number of hydrogen-bond acceptors (Lipinski definition) is 4. The van der Waals surface area contributed by atoms with Gasteiger partial charge >= 0.3 is 0 Å². The zero-order chi connectivity index (χ0) is 18.3. The van der Waals surface area contributed by atoms with Crippen molar-refractivity contribution < 1.29 is 14.0 Å². The first-order valence-electron chi connectivity index (χ1n) is 8.20. The van der Waals surface area contributed by atoms with E-state index in [-0.39, 0.29) is 5.91 Å². The summed E-state index contributed by atoms with van der Waals surface area (Å²) in [6.07, 6.45) is 1.53. The SMILES string of the molecule is NCc1ccc(N2C(=O)C(c3ccco3)c3cc(C(N)=O)ccc32)cc1. The van der Waals surface area contributed by atoms with Gasteiger partial charge in [0.15, 0.2) is 0 Å². The van der Waals surface area contributed by atoms with E-state index in [1.54, 1.807) is 35.2 Å². The average molecular weight is 347 g/mol. The molecule has 6 nitrogen and oxygen atoms in total. The van der Waals surface area contributed by atoms with Crippen molar-refractivity contribution in [3.8, 4) is 0 Å². The molecule has 0 spiro atoms. The van der Waals surface area contributed by atoms with E-state index in [4.69, 9.17) is 15.9 Å². The van der Waals surface area contributed by atoms with Gasteiger partial charge in [0.05, 0.1) is 12.0 Å². The van der Waals surface area contributed by atoms with Gasteiger partial charge in [-0.15, -0.1) is 0 Å². The summed E-state index contributed by atoms with van der Waals surface area (Å²) in [4.78, 5) is 26.4. The van der Waals surface area contributed by atoms with Crippen molar-refractivity contribution in [2.75, 3.05) is 4.90 Å². The zero-order valence-electron chi connectivity index (χ0n) is 13.9. The Morgan fingerprint density at radius 1 is 1.12 bits per heavy atom. The average Bonchev–Trinajstić information content (AvgIpc) is 3.26. The molecule has 2 heterocycles. The Kier molecular flexibility index (Phi) is 3.82.